The maximum atomic E-state index is 4.16. The molecule has 0 radical (unpaired) electrons. The lowest BCUT2D eigenvalue weighted by Gasteiger charge is -2.32. The number of hydrazine groups is 1. The smallest absolute Gasteiger partial charge is 0.0662 e. The van der Waals surface area contributed by atoms with Crippen molar-refractivity contribution in [2.75, 3.05) is 19.6 Å². The van der Waals surface area contributed by atoms with E-state index in [9.17, 15) is 0 Å². The third kappa shape index (κ3) is 1.03. The maximum Gasteiger partial charge on any atom is 0.0662 e. The number of fused-ring (bicyclic) bond motifs is 3. The normalized spacial score (nSPS) is 30.8. The fourth-order valence-corrected chi connectivity index (χ4v) is 2.10. The highest BCUT2D eigenvalue weighted by Gasteiger charge is 2.31. The van der Waals surface area contributed by atoms with Crippen LogP contribution in [0.15, 0.2) is 28.5 Å². The predicted molar refractivity (Wildman–Crippen MR) is 51.2 cm³/mol. The van der Waals surface area contributed by atoms with Crippen LogP contribution in [0.5, 0.6) is 0 Å². The van der Waals surface area contributed by atoms with Crippen LogP contribution in [0.25, 0.3) is 0 Å². The summed E-state index contributed by atoms with van der Waals surface area (Å²) in [7, 11) is 0. The number of hydrogen-bond acceptors (Lipinski definition) is 4. The van der Waals surface area contributed by atoms with E-state index < -0.39 is 0 Å². The first-order valence-electron chi connectivity index (χ1n) is 4.60. The summed E-state index contributed by atoms with van der Waals surface area (Å²) in [5.41, 5.74) is 9.06. The van der Waals surface area contributed by atoms with Gasteiger partial charge < -0.3 is 4.90 Å². The fraction of sp³-hybridized carbons (Fsp3) is 0.444. The third-order valence-electron chi connectivity index (χ3n) is 2.77. The van der Waals surface area contributed by atoms with Crippen molar-refractivity contribution in [3.05, 3.63) is 23.5 Å². The topological polar surface area (TPSA) is 39.7 Å². The van der Waals surface area contributed by atoms with Gasteiger partial charge in [-0.1, -0.05) is 0 Å². The van der Waals surface area contributed by atoms with Gasteiger partial charge in [0.25, 0.3) is 0 Å². The molecule has 3 aliphatic rings. The van der Waals surface area contributed by atoms with Crippen LogP contribution in [0.4, 0.5) is 0 Å². The molecule has 1 saturated heterocycles. The van der Waals surface area contributed by atoms with Gasteiger partial charge in [-0.2, -0.15) is 0 Å². The van der Waals surface area contributed by atoms with Gasteiger partial charge in [0, 0.05) is 25.5 Å². The van der Waals surface area contributed by atoms with Crippen LogP contribution in [0.1, 0.15) is 0 Å². The van der Waals surface area contributed by atoms with Crippen molar-refractivity contribution < 1.29 is 0 Å². The molecule has 0 aromatic heterocycles. The quantitative estimate of drug-likeness (QED) is 0.529. The molecule has 4 nitrogen and oxygen atoms in total. The largest absolute Gasteiger partial charge is 0.357 e. The average Bonchev–Trinajstić information content (AvgIpc) is 2.56. The van der Waals surface area contributed by atoms with E-state index in [-0.39, 0.29) is 0 Å². The van der Waals surface area contributed by atoms with Crippen molar-refractivity contribution >= 4 is 6.21 Å². The summed E-state index contributed by atoms with van der Waals surface area (Å²) in [6, 6.07) is 0.541. The Bertz CT molecular complexity index is 316. The van der Waals surface area contributed by atoms with E-state index in [1.54, 1.807) is 0 Å². The SMILES string of the molecule is C1=NC=C2C=C3CNNCC3N2C1. The Hall–Kier alpha value is -1.13. The Balaban J connectivity index is 1.96. The summed E-state index contributed by atoms with van der Waals surface area (Å²) in [6.07, 6.45) is 6.14. The molecule has 0 aromatic rings. The van der Waals surface area contributed by atoms with Crippen LogP contribution >= 0.6 is 0 Å². The molecular weight excluding hydrogens is 164 g/mol. The Morgan fingerprint density at radius 3 is 3.46 bits per heavy atom. The van der Waals surface area contributed by atoms with E-state index in [0.29, 0.717) is 6.04 Å². The minimum Gasteiger partial charge on any atom is -0.357 e. The van der Waals surface area contributed by atoms with Crippen LogP contribution in [-0.2, 0) is 0 Å². The van der Waals surface area contributed by atoms with Crippen LogP contribution in [0.3, 0.4) is 0 Å². The average molecular weight is 176 g/mol. The van der Waals surface area contributed by atoms with E-state index in [2.05, 4.69) is 26.8 Å². The number of hydrogen-bond donors (Lipinski definition) is 2. The third-order valence-corrected chi connectivity index (χ3v) is 2.77. The zero-order chi connectivity index (χ0) is 8.67. The van der Waals surface area contributed by atoms with Gasteiger partial charge in [-0.3, -0.25) is 15.8 Å². The van der Waals surface area contributed by atoms with Gasteiger partial charge in [-0.05, 0) is 11.6 Å². The summed E-state index contributed by atoms with van der Waals surface area (Å²) in [4.78, 5) is 6.55. The molecule has 0 spiro atoms. The Morgan fingerprint density at radius 1 is 1.46 bits per heavy atom. The van der Waals surface area contributed by atoms with E-state index in [4.69, 9.17) is 0 Å². The lowest BCUT2D eigenvalue weighted by atomic mass is 10.1. The highest BCUT2D eigenvalue weighted by Crippen LogP contribution is 2.27. The molecule has 3 aliphatic heterocycles. The van der Waals surface area contributed by atoms with Crippen LogP contribution in [-0.4, -0.2) is 36.8 Å². The van der Waals surface area contributed by atoms with E-state index >= 15 is 0 Å². The maximum absolute atomic E-state index is 4.16. The Kier molecular flexibility index (Phi) is 1.50. The molecule has 3 heterocycles. The van der Waals surface area contributed by atoms with E-state index in [0.717, 1.165) is 19.6 Å². The second-order valence-corrected chi connectivity index (χ2v) is 3.51. The molecule has 0 amide bonds. The van der Waals surface area contributed by atoms with Crippen LogP contribution in [0, 0.1) is 0 Å². The Morgan fingerprint density at radius 2 is 2.46 bits per heavy atom. The number of nitrogens with zero attached hydrogens (tertiary/aromatic N) is 2. The lowest BCUT2D eigenvalue weighted by molar-refractivity contribution is 0.296. The molecule has 0 aromatic carbocycles. The first-order chi connectivity index (χ1) is 6.45. The number of nitrogens with one attached hydrogen (secondary N) is 2. The zero-order valence-corrected chi connectivity index (χ0v) is 7.33. The standard InChI is InChI=1S/C9H12N4/c1-2-13-8(5-10-1)3-7-4-11-12-6-9(7)13/h1,3,5,9,11-12H,2,4,6H2. The summed E-state index contributed by atoms with van der Waals surface area (Å²) >= 11 is 0. The number of allylic oxidation sites excluding steroid dienone is 1. The van der Waals surface area contributed by atoms with Gasteiger partial charge in [0.2, 0.25) is 0 Å². The molecule has 68 valence electrons. The molecule has 13 heavy (non-hydrogen) atoms. The van der Waals surface area contributed by atoms with Crippen molar-refractivity contribution in [1.82, 2.24) is 15.8 Å². The van der Waals surface area contributed by atoms with Gasteiger partial charge in [0.05, 0.1) is 18.3 Å². The summed E-state index contributed by atoms with van der Waals surface area (Å²) in [5, 5.41) is 0. The van der Waals surface area contributed by atoms with Gasteiger partial charge in [0.1, 0.15) is 0 Å². The van der Waals surface area contributed by atoms with Gasteiger partial charge in [-0.15, -0.1) is 0 Å². The molecule has 3 rings (SSSR count). The van der Waals surface area contributed by atoms with E-state index in [1.165, 1.54) is 11.3 Å². The van der Waals surface area contributed by atoms with Crippen molar-refractivity contribution in [3.8, 4) is 0 Å². The fourth-order valence-electron chi connectivity index (χ4n) is 2.10. The van der Waals surface area contributed by atoms with Crippen LogP contribution < -0.4 is 10.9 Å². The minimum absolute atomic E-state index is 0.541. The van der Waals surface area contributed by atoms with E-state index in [1.807, 2.05) is 12.4 Å². The van der Waals surface area contributed by atoms with Crippen LogP contribution in [0.2, 0.25) is 0 Å². The highest BCUT2D eigenvalue weighted by atomic mass is 15.4. The predicted octanol–water partition coefficient (Wildman–Crippen LogP) is -0.369. The van der Waals surface area contributed by atoms with Crippen molar-refractivity contribution in [1.29, 1.82) is 0 Å². The summed E-state index contributed by atoms with van der Waals surface area (Å²) < 4.78 is 0. The summed E-state index contributed by atoms with van der Waals surface area (Å²) in [5.74, 6) is 0. The molecule has 0 aliphatic carbocycles. The molecule has 4 heteroatoms. The molecule has 1 fully saturated rings. The van der Waals surface area contributed by atoms with Crippen molar-refractivity contribution in [2.45, 2.75) is 6.04 Å². The molecule has 0 saturated carbocycles. The second kappa shape index (κ2) is 2.68. The first-order valence-corrected chi connectivity index (χ1v) is 4.60. The zero-order valence-electron chi connectivity index (χ0n) is 7.33. The molecular formula is C9H12N4. The molecule has 2 N–H and O–H groups in total. The lowest BCUT2D eigenvalue weighted by Crippen LogP contribution is -2.51. The minimum atomic E-state index is 0.541. The highest BCUT2D eigenvalue weighted by molar-refractivity contribution is 5.64. The molecule has 1 unspecified atom stereocenters. The van der Waals surface area contributed by atoms with Crippen molar-refractivity contribution in [3.63, 3.8) is 0 Å². The first kappa shape index (κ1) is 7.29. The Labute approximate surface area is 77.0 Å². The van der Waals surface area contributed by atoms with Gasteiger partial charge in [0.15, 0.2) is 0 Å². The van der Waals surface area contributed by atoms with Gasteiger partial charge >= 0.3 is 0 Å². The molecule has 1 atom stereocenters. The van der Waals surface area contributed by atoms with Gasteiger partial charge in [-0.25, -0.2) is 0 Å². The monoisotopic (exact) mass is 176 g/mol. The second-order valence-electron chi connectivity index (χ2n) is 3.51. The van der Waals surface area contributed by atoms with Crippen molar-refractivity contribution in [2.24, 2.45) is 4.99 Å². The molecule has 0 bridgehead atoms. The number of rotatable bonds is 0. The summed E-state index contributed by atoms with van der Waals surface area (Å²) in [6.45, 7) is 2.87. The number of aliphatic imine (C=N–C) groups is 1.